The van der Waals surface area contributed by atoms with Crippen LogP contribution in [0.25, 0.3) is 0 Å². The number of aromatic nitrogens is 1. The van der Waals surface area contributed by atoms with Gasteiger partial charge in [0, 0.05) is 51.9 Å². The van der Waals surface area contributed by atoms with E-state index in [2.05, 4.69) is 56.0 Å². The Balaban J connectivity index is 0.00000363. The Morgan fingerprint density at radius 2 is 1.88 bits per heavy atom. The molecule has 1 aromatic heterocycles. The van der Waals surface area contributed by atoms with Crippen molar-refractivity contribution in [1.29, 1.82) is 0 Å². The first kappa shape index (κ1) is 26.6. The average Bonchev–Trinajstić information content (AvgIpc) is 3.11. The number of aryl methyl sites for hydroxylation is 2. The van der Waals surface area contributed by atoms with Crippen LogP contribution in [0.15, 0.2) is 39.8 Å². The topological polar surface area (TPSA) is 74.9 Å². The van der Waals surface area contributed by atoms with Gasteiger partial charge in [-0.15, -0.1) is 24.0 Å². The van der Waals surface area contributed by atoms with Crippen LogP contribution in [0, 0.1) is 13.8 Å². The van der Waals surface area contributed by atoms with E-state index in [9.17, 15) is 0 Å². The Morgan fingerprint density at radius 3 is 2.53 bits per heavy atom. The fourth-order valence-corrected chi connectivity index (χ4v) is 3.99. The monoisotopic (exact) mass is 555 g/mol. The van der Waals surface area contributed by atoms with Gasteiger partial charge >= 0.3 is 0 Å². The van der Waals surface area contributed by atoms with Crippen LogP contribution in [0.4, 0.5) is 0 Å². The predicted octanol–water partition coefficient (Wildman–Crippen LogP) is 3.69. The van der Waals surface area contributed by atoms with Crippen LogP contribution in [0.3, 0.4) is 0 Å². The smallest absolute Gasteiger partial charge is 0.190 e. The molecule has 1 aliphatic rings. The lowest BCUT2D eigenvalue weighted by Crippen LogP contribution is -2.39. The van der Waals surface area contributed by atoms with E-state index < -0.39 is 0 Å². The molecule has 7 nitrogen and oxygen atoms in total. The molecule has 178 valence electrons. The number of guanidine groups is 1. The minimum atomic E-state index is 0. The Kier molecular flexibility index (Phi) is 12.0. The maximum Gasteiger partial charge on any atom is 0.190 e. The molecule has 0 spiro atoms. The number of nitrogens with one attached hydrogen (secondary N) is 2. The summed E-state index contributed by atoms with van der Waals surface area (Å²) in [4.78, 5) is 6.81. The lowest BCUT2D eigenvalue weighted by Gasteiger charge is -2.32. The fourth-order valence-electron chi connectivity index (χ4n) is 3.99. The second-order valence-electron chi connectivity index (χ2n) is 8.16. The molecule has 0 radical (unpaired) electrons. The van der Waals surface area contributed by atoms with Crippen LogP contribution >= 0.6 is 24.0 Å². The summed E-state index contributed by atoms with van der Waals surface area (Å²) in [6.07, 6.45) is 4.46. The molecule has 0 amide bonds. The number of aliphatic imine (C=N–C) groups is 1. The molecule has 2 N–H and O–H groups in total. The summed E-state index contributed by atoms with van der Waals surface area (Å²) >= 11 is 0. The van der Waals surface area contributed by atoms with Gasteiger partial charge in [0.1, 0.15) is 5.76 Å². The number of halogens is 1. The number of benzene rings is 1. The van der Waals surface area contributed by atoms with Crippen molar-refractivity contribution < 1.29 is 9.26 Å². The third-order valence-corrected chi connectivity index (χ3v) is 5.82. The molecule has 2 aromatic rings. The summed E-state index contributed by atoms with van der Waals surface area (Å²) in [7, 11) is 1.80. The van der Waals surface area contributed by atoms with E-state index in [1.165, 1.54) is 11.1 Å². The molecule has 8 heteroatoms. The molecule has 3 rings (SSSR count). The Labute approximate surface area is 209 Å². The molecule has 1 aromatic carbocycles. The Hall–Kier alpha value is -1.65. The fraction of sp³-hybridized carbons (Fsp3) is 0.583. The maximum absolute atomic E-state index is 6.11. The van der Waals surface area contributed by atoms with Gasteiger partial charge in [0.2, 0.25) is 0 Å². The van der Waals surface area contributed by atoms with Gasteiger partial charge in [0.05, 0.1) is 11.8 Å². The van der Waals surface area contributed by atoms with Crippen molar-refractivity contribution >= 4 is 29.9 Å². The average molecular weight is 556 g/mol. The minimum Gasteiger partial charge on any atom is -0.378 e. The number of rotatable bonds is 10. The van der Waals surface area contributed by atoms with Crippen molar-refractivity contribution in [3.8, 4) is 0 Å². The first-order chi connectivity index (χ1) is 15.2. The summed E-state index contributed by atoms with van der Waals surface area (Å²) in [6, 6.07) is 10.7. The molecule has 0 aliphatic carbocycles. The highest BCUT2D eigenvalue weighted by molar-refractivity contribution is 14.0. The van der Waals surface area contributed by atoms with E-state index in [4.69, 9.17) is 9.26 Å². The van der Waals surface area contributed by atoms with Crippen LogP contribution in [0.1, 0.15) is 41.8 Å². The lowest BCUT2D eigenvalue weighted by atomic mass is 10.1. The zero-order valence-electron chi connectivity index (χ0n) is 19.6. The molecule has 0 saturated carbocycles. The van der Waals surface area contributed by atoms with Crippen LogP contribution in [0.2, 0.25) is 0 Å². The standard InChI is InChI=1S/C24H37N5O2.HI/c1-19-23(20(2)31-28-19)10-14-27-24(25-3)26-13-7-17-30-22-11-15-29(16-12-22)18-21-8-5-4-6-9-21;/h4-6,8-9,22H,7,10-18H2,1-3H3,(H2,25,26,27);1H. The minimum absolute atomic E-state index is 0. The molecule has 32 heavy (non-hydrogen) atoms. The van der Waals surface area contributed by atoms with Gasteiger partial charge < -0.3 is 19.9 Å². The highest BCUT2D eigenvalue weighted by Crippen LogP contribution is 2.16. The third kappa shape index (κ3) is 8.71. The number of piperidine rings is 1. The number of likely N-dealkylation sites (tertiary alicyclic amines) is 1. The van der Waals surface area contributed by atoms with E-state index in [1.807, 2.05) is 13.8 Å². The molecule has 1 saturated heterocycles. The second kappa shape index (κ2) is 14.5. The summed E-state index contributed by atoms with van der Waals surface area (Å²) < 4.78 is 11.3. The molecule has 0 unspecified atom stereocenters. The van der Waals surface area contributed by atoms with E-state index in [-0.39, 0.29) is 24.0 Å². The first-order valence-corrected chi connectivity index (χ1v) is 11.4. The van der Waals surface area contributed by atoms with Gasteiger partial charge in [-0.3, -0.25) is 9.89 Å². The van der Waals surface area contributed by atoms with Gasteiger partial charge in [-0.05, 0) is 45.1 Å². The van der Waals surface area contributed by atoms with Crippen LogP contribution in [-0.4, -0.2) is 62.0 Å². The highest BCUT2D eigenvalue weighted by Gasteiger charge is 2.19. The van der Waals surface area contributed by atoms with Crippen LogP contribution in [0.5, 0.6) is 0 Å². The van der Waals surface area contributed by atoms with Crippen molar-refractivity contribution in [2.45, 2.75) is 52.2 Å². The molecular weight excluding hydrogens is 517 g/mol. The Bertz CT molecular complexity index is 784. The first-order valence-electron chi connectivity index (χ1n) is 11.4. The molecule has 2 heterocycles. The number of hydrogen-bond acceptors (Lipinski definition) is 5. The Morgan fingerprint density at radius 1 is 1.16 bits per heavy atom. The summed E-state index contributed by atoms with van der Waals surface area (Å²) in [6.45, 7) is 9.62. The van der Waals surface area contributed by atoms with Crippen molar-refractivity contribution in [1.82, 2.24) is 20.7 Å². The lowest BCUT2D eigenvalue weighted by molar-refractivity contribution is 0.00534. The molecule has 1 fully saturated rings. The largest absolute Gasteiger partial charge is 0.378 e. The summed E-state index contributed by atoms with van der Waals surface area (Å²) in [5.74, 6) is 1.71. The van der Waals surface area contributed by atoms with Gasteiger partial charge in [-0.1, -0.05) is 35.5 Å². The summed E-state index contributed by atoms with van der Waals surface area (Å²) in [5, 5.41) is 10.7. The molecule has 0 atom stereocenters. The van der Waals surface area contributed by atoms with Crippen molar-refractivity contribution in [2.75, 3.05) is 39.8 Å². The van der Waals surface area contributed by atoms with Crippen molar-refractivity contribution in [3.05, 3.63) is 52.9 Å². The van der Waals surface area contributed by atoms with Crippen molar-refractivity contribution in [2.24, 2.45) is 4.99 Å². The van der Waals surface area contributed by atoms with Gasteiger partial charge in [-0.25, -0.2) is 0 Å². The predicted molar refractivity (Wildman–Crippen MR) is 140 cm³/mol. The third-order valence-electron chi connectivity index (χ3n) is 5.82. The van der Waals surface area contributed by atoms with E-state index in [0.29, 0.717) is 6.10 Å². The highest BCUT2D eigenvalue weighted by atomic mass is 127. The zero-order valence-corrected chi connectivity index (χ0v) is 21.9. The maximum atomic E-state index is 6.11. The van der Waals surface area contributed by atoms with Crippen molar-refractivity contribution in [3.63, 3.8) is 0 Å². The number of hydrogen-bond donors (Lipinski definition) is 2. The van der Waals surface area contributed by atoms with Crippen LogP contribution in [-0.2, 0) is 17.7 Å². The van der Waals surface area contributed by atoms with Gasteiger partial charge in [0.25, 0.3) is 0 Å². The second-order valence-corrected chi connectivity index (χ2v) is 8.16. The number of nitrogens with zero attached hydrogens (tertiary/aromatic N) is 3. The SMILES string of the molecule is CN=C(NCCCOC1CCN(Cc2ccccc2)CC1)NCCc1c(C)noc1C.I. The zero-order chi connectivity index (χ0) is 21.9. The van der Waals surface area contributed by atoms with Crippen LogP contribution < -0.4 is 10.6 Å². The number of ether oxygens (including phenoxy) is 1. The van der Waals surface area contributed by atoms with Gasteiger partial charge in [-0.2, -0.15) is 0 Å². The normalized spacial score (nSPS) is 15.4. The molecule has 1 aliphatic heterocycles. The van der Waals surface area contributed by atoms with E-state index >= 15 is 0 Å². The van der Waals surface area contributed by atoms with E-state index in [1.54, 1.807) is 7.05 Å². The van der Waals surface area contributed by atoms with Gasteiger partial charge in [0.15, 0.2) is 5.96 Å². The molecule has 0 bridgehead atoms. The quantitative estimate of drug-likeness (QED) is 0.202. The summed E-state index contributed by atoms with van der Waals surface area (Å²) in [5.41, 5.74) is 3.53. The van der Waals surface area contributed by atoms with E-state index in [0.717, 1.165) is 82.4 Å². The molecular formula is C24H38IN5O2.